The van der Waals surface area contributed by atoms with Crippen LogP contribution in [0.4, 0.5) is 10.8 Å². The van der Waals surface area contributed by atoms with Gasteiger partial charge in [-0.2, -0.15) is 4.37 Å². The van der Waals surface area contributed by atoms with Crippen molar-refractivity contribution in [1.29, 1.82) is 0 Å². The first-order valence-electron chi connectivity index (χ1n) is 6.28. The summed E-state index contributed by atoms with van der Waals surface area (Å²) in [6.45, 7) is 5.72. The lowest BCUT2D eigenvalue weighted by atomic mass is 10.4. The summed E-state index contributed by atoms with van der Waals surface area (Å²) in [5, 5.41) is 4.22. The van der Waals surface area contributed by atoms with Crippen LogP contribution in [0.15, 0.2) is 18.7 Å². The van der Waals surface area contributed by atoms with E-state index in [0.29, 0.717) is 11.6 Å². The largest absolute Gasteiger partial charge is 0.484 e. The van der Waals surface area contributed by atoms with E-state index in [1.54, 1.807) is 6.20 Å². The average Bonchev–Trinajstić information content (AvgIpc) is 2.98. The molecule has 0 saturated heterocycles. The highest BCUT2D eigenvalue weighted by atomic mass is 32.1. The number of hydrogen-bond acceptors (Lipinski definition) is 6. The van der Waals surface area contributed by atoms with Gasteiger partial charge < -0.3 is 20.4 Å². The van der Waals surface area contributed by atoms with E-state index in [0.717, 1.165) is 24.5 Å². The minimum absolute atomic E-state index is 0.0881. The smallest absolute Gasteiger partial charge is 0.197 e. The molecule has 2 heterocycles. The lowest BCUT2D eigenvalue weighted by Crippen LogP contribution is -2.10. The number of ether oxygens (including phenoxy) is 1. The molecule has 2 aromatic rings. The van der Waals surface area contributed by atoms with Gasteiger partial charge in [0.2, 0.25) is 0 Å². The number of nitrogens with two attached hydrogens (primary N) is 1. The van der Waals surface area contributed by atoms with Crippen LogP contribution in [-0.4, -0.2) is 26.6 Å². The third kappa shape index (κ3) is 3.85. The highest BCUT2D eigenvalue weighted by Crippen LogP contribution is 2.35. The van der Waals surface area contributed by atoms with Crippen molar-refractivity contribution >= 4 is 22.4 Å². The maximum atomic E-state index is 5.79. The Morgan fingerprint density at radius 3 is 3.05 bits per heavy atom. The van der Waals surface area contributed by atoms with Gasteiger partial charge in [0, 0.05) is 25.5 Å². The lowest BCUT2D eigenvalue weighted by molar-refractivity contribution is 0.245. The number of nitrogens with one attached hydrogen (secondary N) is 1. The Kier molecular flexibility index (Phi) is 4.62. The van der Waals surface area contributed by atoms with Crippen LogP contribution in [0.2, 0.25) is 0 Å². The Bertz CT molecular complexity index is 494. The fourth-order valence-electron chi connectivity index (χ4n) is 1.64. The molecule has 0 bridgehead atoms. The maximum Gasteiger partial charge on any atom is 0.197 e. The number of nitrogens with zero attached hydrogens (tertiary/aromatic N) is 3. The summed E-state index contributed by atoms with van der Waals surface area (Å²) in [5.74, 6) is 1.12. The van der Waals surface area contributed by atoms with Crippen LogP contribution in [0, 0.1) is 0 Å². The zero-order chi connectivity index (χ0) is 13.7. The van der Waals surface area contributed by atoms with Crippen LogP contribution in [0.3, 0.4) is 0 Å². The second-order valence-corrected chi connectivity index (χ2v) is 5.25. The molecule has 0 radical (unpaired) electrons. The van der Waals surface area contributed by atoms with E-state index < -0.39 is 0 Å². The van der Waals surface area contributed by atoms with E-state index in [2.05, 4.69) is 14.7 Å². The standard InChI is InChI=1S/C12H19N5OS/c1-9(2)18-10-11(13)16-19-12(10)15-4-3-6-17-7-5-14-8-17/h5,7-9,15H,3-4,6H2,1-2H3,(H2,13,16). The Balaban J connectivity index is 1.82. The van der Waals surface area contributed by atoms with Crippen molar-refractivity contribution in [3.05, 3.63) is 18.7 Å². The van der Waals surface area contributed by atoms with Gasteiger partial charge in [-0.1, -0.05) is 0 Å². The first kappa shape index (κ1) is 13.7. The predicted octanol–water partition coefficient (Wildman–Crippen LogP) is 2.21. The normalized spacial score (nSPS) is 10.9. The molecule has 7 heteroatoms. The highest BCUT2D eigenvalue weighted by molar-refractivity contribution is 7.11. The molecular formula is C12H19N5OS. The number of aryl methyl sites for hydroxylation is 1. The second-order valence-electron chi connectivity index (χ2n) is 4.47. The van der Waals surface area contributed by atoms with E-state index in [-0.39, 0.29) is 6.10 Å². The molecule has 0 atom stereocenters. The van der Waals surface area contributed by atoms with Crippen molar-refractivity contribution in [3.63, 3.8) is 0 Å². The summed E-state index contributed by atoms with van der Waals surface area (Å²) in [7, 11) is 0. The molecule has 19 heavy (non-hydrogen) atoms. The van der Waals surface area contributed by atoms with Crippen molar-refractivity contribution in [3.8, 4) is 5.75 Å². The summed E-state index contributed by atoms with van der Waals surface area (Å²) < 4.78 is 11.8. The lowest BCUT2D eigenvalue weighted by Gasteiger charge is -2.11. The van der Waals surface area contributed by atoms with Crippen LogP contribution in [-0.2, 0) is 6.54 Å². The summed E-state index contributed by atoms with van der Waals surface area (Å²) >= 11 is 1.34. The summed E-state index contributed by atoms with van der Waals surface area (Å²) in [5.41, 5.74) is 5.79. The minimum atomic E-state index is 0.0881. The number of nitrogen functional groups attached to an aromatic ring is 1. The molecule has 0 aliphatic heterocycles. The van der Waals surface area contributed by atoms with Crippen molar-refractivity contribution in [2.75, 3.05) is 17.6 Å². The fraction of sp³-hybridized carbons (Fsp3) is 0.500. The van der Waals surface area contributed by atoms with Gasteiger partial charge >= 0.3 is 0 Å². The third-order valence-electron chi connectivity index (χ3n) is 2.47. The SMILES string of the molecule is CC(C)Oc1c(N)nsc1NCCCn1ccnc1. The molecule has 104 valence electrons. The predicted molar refractivity (Wildman–Crippen MR) is 77.6 cm³/mol. The highest BCUT2D eigenvalue weighted by Gasteiger charge is 2.13. The monoisotopic (exact) mass is 281 g/mol. The van der Waals surface area contributed by atoms with E-state index in [1.165, 1.54) is 11.5 Å². The van der Waals surface area contributed by atoms with Crippen LogP contribution < -0.4 is 15.8 Å². The molecule has 6 nitrogen and oxygen atoms in total. The molecule has 0 aliphatic carbocycles. The van der Waals surface area contributed by atoms with Crippen LogP contribution in [0.25, 0.3) is 0 Å². The summed E-state index contributed by atoms with van der Waals surface area (Å²) in [6, 6.07) is 0. The number of imidazole rings is 1. The minimum Gasteiger partial charge on any atom is -0.484 e. The molecule has 0 spiro atoms. The molecule has 0 saturated carbocycles. The Morgan fingerprint density at radius 2 is 2.37 bits per heavy atom. The van der Waals surface area contributed by atoms with Gasteiger partial charge in [-0.3, -0.25) is 0 Å². The Labute approximate surface area is 116 Å². The van der Waals surface area contributed by atoms with Crippen molar-refractivity contribution in [1.82, 2.24) is 13.9 Å². The van der Waals surface area contributed by atoms with Gasteiger partial charge in [0.15, 0.2) is 16.6 Å². The average molecular weight is 281 g/mol. The van der Waals surface area contributed by atoms with Crippen molar-refractivity contribution in [2.45, 2.75) is 32.9 Å². The second kappa shape index (κ2) is 6.42. The van der Waals surface area contributed by atoms with Gasteiger partial charge in [0.1, 0.15) is 0 Å². The van der Waals surface area contributed by atoms with E-state index >= 15 is 0 Å². The molecule has 0 fully saturated rings. The van der Waals surface area contributed by atoms with Crippen LogP contribution in [0.1, 0.15) is 20.3 Å². The zero-order valence-electron chi connectivity index (χ0n) is 11.2. The quantitative estimate of drug-likeness (QED) is 0.761. The molecule has 2 rings (SSSR count). The number of aromatic nitrogens is 3. The Morgan fingerprint density at radius 1 is 1.53 bits per heavy atom. The maximum absolute atomic E-state index is 5.79. The van der Waals surface area contributed by atoms with E-state index in [1.807, 2.05) is 30.9 Å². The van der Waals surface area contributed by atoms with Crippen LogP contribution in [0.5, 0.6) is 5.75 Å². The topological polar surface area (TPSA) is 78.0 Å². The fourth-order valence-corrected chi connectivity index (χ4v) is 2.31. The van der Waals surface area contributed by atoms with Crippen molar-refractivity contribution in [2.24, 2.45) is 0 Å². The third-order valence-corrected chi connectivity index (χ3v) is 3.27. The molecule has 0 unspecified atom stereocenters. The molecule has 3 N–H and O–H groups in total. The molecular weight excluding hydrogens is 262 g/mol. The van der Waals surface area contributed by atoms with E-state index in [9.17, 15) is 0 Å². The first-order chi connectivity index (χ1) is 9.16. The number of anilines is 2. The molecule has 0 aromatic carbocycles. The molecule has 0 amide bonds. The van der Waals surface area contributed by atoms with Gasteiger partial charge in [0.05, 0.1) is 12.4 Å². The van der Waals surface area contributed by atoms with Gasteiger partial charge in [-0.15, -0.1) is 0 Å². The summed E-state index contributed by atoms with van der Waals surface area (Å²) in [4.78, 5) is 4.01. The number of rotatable bonds is 7. The van der Waals surface area contributed by atoms with Crippen molar-refractivity contribution < 1.29 is 4.74 Å². The van der Waals surface area contributed by atoms with Crippen LogP contribution >= 0.6 is 11.5 Å². The van der Waals surface area contributed by atoms with Gasteiger partial charge in [0.25, 0.3) is 0 Å². The van der Waals surface area contributed by atoms with E-state index in [4.69, 9.17) is 10.5 Å². The summed E-state index contributed by atoms with van der Waals surface area (Å²) in [6.07, 6.45) is 6.64. The molecule has 0 aliphatic rings. The number of hydrogen-bond donors (Lipinski definition) is 2. The van der Waals surface area contributed by atoms with Gasteiger partial charge in [-0.25, -0.2) is 4.98 Å². The van der Waals surface area contributed by atoms with Gasteiger partial charge in [-0.05, 0) is 31.8 Å². The molecule has 2 aromatic heterocycles. The zero-order valence-corrected chi connectivity index (χ0v) is 12.0. The first-order valence-corrected chi connectivity index (χ1v) is 7.05. The Hall–Kier alpha value is -1.76.